The first kappa shape index (κ1) is 18.4. The SMILES string of the molecule is [C-]#[N+][C@H]1CCOCC1n1cc(C(N)=O)c(Nc2cc(F)c3c(c2)B(O)OC3)n1. The van der Waals surface area contributed by atoms with E-state index in [-0.39, 0.29) is 41.3 Å². The Morgan fingerprint density at radius 3 is 3.11 bits per heavy atom. The standard InChI is InChI=1S/C17H17BFN5O4/c1-21-14-2-3-27-8-15(14)24-6-10(16(20)25)17(23-24)22-9-4-12-11(13(19)5-9)7-28-18(12)26/h4-6,14-15,26H,2-3,7-8H2,(H2,20,25)(H,22,23)/t14-,15?/m0/s1. The highest BCUT2D eigenvalue weighted by molar-refractivity contribution is 6.61. The molecule has 1 saturated heterocycles. The summed E-state index contributed by atoms with van der Waals surface area (Å²) in [6.07, 6.45) is 2.03. The monoisotopic (exact) mass is 385 g/mol. The van der Waals surface area contributed by atoms with Crippen LogP contribution in [0.25, 0.3) is 4.85 Å². The number of nitrogens with one attached hydrogen (secondary N) is 1. The van der Waals surface area contributed by atoms with E-state index in [4.69, 9.17) is 21.7 Å². The Labute approximate surface area is 160 Å². The van der Waals surface area contributed by atoms with Crippen LogP contribution < -0.4 is 16.5 Å². The summed E-state index contributed by atoms with van der Waals surface area (Å²) in [5.74, 6) is -1.12. The zero-order valence-corrected chi connectivity index (χ0v) is 14.8. The number of nitrogens with two attached hydrogens (primary N) is 1. The average Bonchev–Trinajstić information content (AvgIpc) is 3.26. The molecule has 0 aliphatic carbocycles. The topological polar surface area (TPSA) is 116 Å². The van der Waals surface area contributed by atoms with Crippen LogP contribution in [0.4, 0.5) is 15.9 Å². The Hall–Kier alpha value is -2.94. The van der Waals surface area contributed by atoms with Crippen molar-refractivity contribution in [2.24, 2.45) is 5.73 Å². The van der Waals surface area contributed by atoms with Crippen molar-refractivity contribution in [3.63, 3.8) is 0 Å². The molecule has 1 unspecified atom stereocenters. The molecule has 2 atom stereocenters. The summed E-state index contributed by atoms with van der Waals surface area (Å²) in [7, 11) is -1.21. The largest absolute Gasteiger partial charge is 0.491 e. The lowest BCUT2D eigenvalue weighted by molar-refractivity contribution is 0.0506. The van der Waals surface area contributed by atoms with E-state index in [1.807, 2.05) is 0 Å². The molecule has 0 saturated carbocycles. The molecule has 2 aliphatic heterocycles. The molecule has 4 N–H and O–H groups in total. The number of hydrogen-bond acceptors (Lipinski definition) is 6. The minimum Gasteiger partial charge on any atom is -0.423 e. The van der Waals surface area contributed by atoms with Crippen molar-refractivity contribution in [2.75, 3.05) is 18.5 Å². The smallest absolute Gasteiger partial charge is 0.423 e. The third-order valence-corrected chi connectivity index (χ3v) is 4.94. The number of carbonyl (C=O) groups excluding carboxylic acids is 1. The number of aromatic nitrogens is 2. The molecule has 3 heterocycles. The van der Waals surface area contributed by atoms with Crippen LogP contribution in [-0.2, 0) is 16.0 Å². The van der Waals surface area contributed by atoms with E-state index in [0.29, 0.717) is 25.1 Å². The molecule has 9 nitrogen and oxygen atoms in total. The van der Waals surface area contributed by atoms with Gasteiger partial charge in [0.25, 0.3) is 5.91 Å². The first-order chi connectivity index (χ1) is 13.5. The van der Waals surface area contributed by atoms with Crippen molar-refractivity contribution in [2.45, 2.75) is 25.1 Å². The molecule has 2 aliphatic rings. The van der Waals surface area contributed by atoms with Gasteiger partial charge in [-0.1, -0.05) is 0 Å². The third kappa shape index (κ3) is 3.22. The average molecular weight is 385 g/mol. The van der Waals surface area contributed by atoms with Gasteiger partial charge in [0.2, 0.25) is 6.04 Å². The van der Waals surface area contributed by atoms with Crippen LogP contribution in [0.2, 0.25) is 0 Å². The fraction of sp³-hybridized carbons (Fsp3) is 0.353. The number of halogens is 1. The van der Waals surface area contributed by atoms with Gasteiger partial charge in [0.15, 0.2) is 5.82 Å². The fourth-order valence-electron chi connectivity index (χ4n) is 3.44. The minimum absolute atomic E-state index is 0.0104. The van der Waals surface area contributed by atoms with Crippen LogP contribution in [0.3, 0.4) is 0 Å². The van der Waals surface area contributed by atoms with Gasteiger partial charge in [-0.25, -0.2) is 11.0 Å². The van der Waals surface area contributed by atoms with Crippen LogP contribution >= 0.6 is 0 Å². The predicted octanol–water partition coefficient (Wildman–Crippen LogP) is 0.332. The molecule has 28 heavy (non-hydrogen) atoms. The highest BCUT2D eigenvalue weighted by Crippen LogP contribution is 2.27. The van der Waals surface area contributed by atoms with E-state index >= 15 is 0 Å². The highest BCUT2D eigenvalue weighted by atomic mass is 19.1. The van der Waals surface area contributed by atoms with Gasteiger partial charge in [-0.2, -0.15) is 5.10 Å². The van der Waals surface area contributed by atoms with E-state index in [9.17, 15) is 14.2 Å². The number of hydrogen-bond donors (Lipinski definition) is 3. The van der Waals surface area contributed by atoms with Crippen molar-refractivity contribution < 1.29 is 23.6 Å². The number of ether oxygens (including phenoxy) is 1. The summed E-state index contributed by atoms with van der Waals surface area (Å²) in [5.41, 5.74) is 6.46. The van der Waals surface area contributed by atoms with Gasteiger partial charge in [0.1, 0.15) is 17.4 Å². The van der Waals surface area contributed by atoms with E-state index in [2.05, 4.69) is 15.3 Å². The maximum Gasteiger partial charge on any atom is 0.491 e. The second kappa shape index (κ2) is 7.24. The van der Waals surface area contributed by atoms with Crippen molar-refractivity contribution in [1.82, 2.24) is 9.78 Å². The zero-order valence-electron chi connectivity index (χ0n) is 14.8. The molecule has 2 aromatic rings. The number of carbonyl (C=O) groups is 1. The van der Waals surface area contributed by atoms with Crippen LogP contribution in [0.15, 0.2) is 18.3 Å². The first-order valence-electron chi connectivity index (χ1n) is 8.70. The maximum atomic E-state index is 14.3. The summed E-state index contributed by atoms with van der Waals surface area (Å²) in [6, 6.07) is 2.08. The molecule has 0 spiro atoms. The quantitative estimate of drug-likeness (QED) is 0.516. The minimum atomic E-state index is -1.21. The van der Waals surface area contributed by atoms with Crippen LogP contribution in [0.5, 0.6) is 0 Å². The zero-order chi connectivity index (χ0) is 19.8. The molecule has 0 bridgehead atoms. The summed E-state index contributed by atoms with van der Waals surface area (Å²) in [6.45, 7) is 8.14. The lowest BCUT2D eigenvalue weighted by atomic mass is 9.79. The molecule has 1 aromatic heterocycles. The number of benzene rings is 1. The Morgan fingerprint density at radius 2 is 2.36 bits per heavy atom. The van der Waals surface area contributed by atoms with E-state index in [0.717, 1.165) is 0 Å². The lowest BCUT2D eigenvalue weighted by Gasteiger charge is -2.23. The number of fused-ring (bicyclic) bond motifs is 1. The molecule has 11 heteroatoms. The number of nitrogens with zero attached hydrogens (tertiary/aromatic N) is 3. The van der Waals surface area contributed by atoms with Crippen molar-refractivity contribution >= 4 is 30.0 Å². The van der Waals surface area contributed by atoms with Crippen LogP contribution in [0, 0.1) is 12.4 Å². The van der Waals surface area contributed by atoms with Crippen molar-refractivity contribution in [3.8, 4) is 0 Å². The Morgan fingerprint density at radius 1 is 1.54 bits per heavy atom. The van der Waals surface area contributed by atoms with Crippen molar-refractivity contribution in [3.05, 3.63) is 46.7 Å². The highest BCUT2D eigenvalue weighted by Gasteiger charge is 2.34. The molecule has 144 valence electrons. The van der Waals surface area contributed by atoms with Gasteiger partial charge in [0, 0.05) is 23.9 Å². The predicted molar refractivity (Wildman–Crippen MR) is 97.7 cm³/mol. The van der Waals surface area contributed by atoms with E-state index < -0.39 is 18.8 Å². The second-order valence-electron chi connectivity index (χ2n) is 6.68. The molecule has 0 radical (unpaired) electrons. The molecule has 4 rings (SSSR count). The molecular formula is C17H17BFN5O4. The van der Waals surface area contributed by atoms with Crippen LogP contribution in [0.1, 0.15) is 28.4 Å². The summed E-state index contributed by atoms with van der Waals surface area (Å²) >= 11 is 0. The summed E-state index contributed by atoms with van der Waals surface area (Å²) < 4.78 is 26.2. The van der Waals surface area contributed by atoms with Gasteiger partial charge in [-0.05, 0) is 17.6 Å². The van der Waals surface area contributed by atoms with E-state index in [1.54, 1.807) is 0 Å². The lowest BCUT2D eigenvalue weighted by Crippen LogP contribution is -2.32. The van der Waals surface area contributed by atoms with Gasteiger partial charge in [-0.15, -0.1) is 0 Å². The molecule has 1 fully saturated rings. The van der Waals surface area contributed by atoms with Crippen molar-refractivity contribution in [1.29, 1.82) is 0 Å². The Balaban J connectivity index is 1.68. The maximum absolute atomic E-state index is 14.3. The second-order valence-corrected chi connectivity index (χ2v) is 6.68. The number of anilines is 2. The Kier molecular flexibility index (Phi) is 4.76. The van der Waals surface area contributed by atoms with Crippen LogP contribution in [-0.4, -0.2) is 47.1 Å². The number of rotatable bonds is 4. The van der Waals surface area contributed by atoms with Gasteiger partial charge >= 0.3 is 7.12 Å². The normalized spacial score (nSPS) is 21.2. The summed E-state index contributed by atoms with van der Waals surface area (Å²) in [4.78, 5) is 15.5. The van der Waals surface area contributed by atoms with Gasteiger partial charge in [0.05, 0.1) is 19.8 Å². The Bertz CT molecular complexity index is 975. The number of amides is 1. The van der Waals surface area contributed by atoms with Gasteiger partial charge < -0.3 is 30.3 Å². The summed E-state index contributed by atoms with van der Waals surface area (Å²) in [5, 5.41) is 17.1. The molecule has 1 amide bonds. The number of primary amides is 1. The molecular weight excluding hydrogens is 368 g/mol. The van der Waals surface area contributed by atoms with E-state index in [1.165, 1.54) is 23.0 Å². The first-order valence-corrected chi connectivity index (χ1v) is 8.70. The molecule has 1 aromatic carbocycles. The fourth-order valence-corrected chi connectivity index (χ4v) is 3.44. The third-order valence-electron chi connectivity index (χ3n) is 4.94. The van der Waals surface area contributed by atoms with Gasteiger partial charge in [-0.3, -0.25) is 9.48 Å².